The van der Waals surface area contributed by atoms with E-state index in [0.29, 0.717) is 5.03 Å². The molecule has 0 aliphatic heterocycles. The Hall–Kier alpha value is -1.32. The zero-order valence-corrected chi connectivity index (χ0v) is 22.3. The lowest BCUT2D eigenvalue weighted by Gasteiger charge is -2.32. The van der Waals surface area contributed by atoms with Gasteiger partial charge < -0.3 is 5.11 Å². The Morgan fingerprint density at radius 1 is 1.00 bits per heavy atom. The number of halogens is 1. The molecule has 30 heavy (non-hydrogen) atoms. The predicted octanol–water partition coefficient (Wildman–Crippen LogP) is 6.52. The van der Waals surface area contributed by atoms with Crippen LogP contribution < -0.4 is 5.19 Å². The summed E-state index contributed by atoms with van der Waals surface area (Å²) in [5.74, 6) is 3.51. The monoisotopic (exact) mass is 458 g/mol. The molecule has 1 aromatic carbocycles. The van der Waals surface area contributed by atoms with Gasteiger partial charge in [0.1, 0.15) is 16.1 Å². The molecule has 1 rings (SSSR count). The highest BCUT2D eigenvalue weighted by Gasteiger charge is 2.37. The van der Waals surface area contributed by atoms with Gasteiger partial charge in [-0.2, -0.15) is 0 Å². The largest absolute Gasteiger partial charge is 0.391 e. The van der Waals surface area contributed by atoms with Crippen LogP contribution in [0.15, 0.2) is 53.7 Å². The van der Waals surface area contributed by atoms with Gasteiger partial charge in [0.15, 0.2) is 0 Å². The Morgan fingerprint density at radius 3 is 1.87 bits per heavy atom. The number of hydrogen-bond acceptors (Lipinski definition) is 1. The Labute approximate surface area is 192 Å². The van der Waals surface area contributed by atoms with E-state index in [-0.39, 0.29) is 6.61 Å². The van der Waals surface area contributed by atoms with Gasteiger partial charge in [0.25, 0.3) is 0 Å². The number of aliphatic hydroxyl groups excluding tert-OH is 1. The molecule has 4 heteroatoms. The molecule has 0 aromatic heterocycles. The minimum absolute atomic E-state index is 0.147. The number of aliphatic hydroxyl groups is 1. The van der Waals surface area contributed by atoms with Crippen LogP contribution in [0.25, 0.3) is 0 Å². The number of rotatable bonds is 11. The normalized spacial score (nSPS) is 12.6. The molecule has 0 atom stereocenters. The first-order valence-corrected chi connectivity index (χ1v) is 17.3. The highest BCUT2D eigenvalue weighted by atomic mass is 35.5. The Bertz CT molecular complexity index is 787. The first kappa shape index (κ1) is 26.7. The van der Waals surface area contributed by atoms with E-state index >= 15 is 0 Å². The van der Waals surface area contributed by atoms with E-state index in [1.165, 1.54) is 16.3 Å². The third-order valence-electron chi connectivity index (χ3n) is 5.54. The lowest BCUT2D eigenvalue weighted by atomic mass is 10.0. The van der Waals surface area contributed by atoms with Crippen molar-refractivity contribution in [2.24, 2.45) is 0 Å². The van der Waals surface area contributed by atoms with Crippen LogP contribution in [0, 0.1) is 11.5 Å². The van der Waals surface area contributed by atoms with E-state index in [1.54, 1.807) is 0 Å². The van der Waals surface area contributed by atoms with Gasteiger partial charge in [0.05, 0.1) is 11.6 Å². The fourth-order valence-corrected chi connectivity index (χ4v) is 9.15. The molecule has 0 radical (unpaired) electrons. The van der Waals surface area contributed by atoms with Crippen molar-refractivity contribution in [3.8, 4) is 11.5 Å². The Kier molecular flexibility index (Phi) is 11.1. The molecule has 0 saturated heterocycles. The fraction of sp³-hybridized carbons (Fsp3) is 0.462. The Balaban J connectivity index is 3.76. The van der Waals surface area contributed by atoms with Crippen molar-refractivity contribution in [1.29, 1.82) is 0 Å². The van der Waals surface area contributed by atoms with Crippen LogP contribution in [0.2, 0.25) is 31.7 Å². The summed E-state index contributed by atoms with van der Waals surface area (Å²) in [6, 6.07) is 9.10. The molecule has 1 nitrogen and oxygen atoms in total. The maximum atomic E-state index is 9.93. The molecule has 0 unspecified atom stereocenters. The summed E-state index contributed by atoms with van der Waals surface area (Å²) in [7, 11) is -3.77. The molecule has 164 valence electrons. The minimum atomic E-state index is -2.19. The first-order chi connectivity index (χ1) is 14.2. The van der Waals surface area contributed by atoms with Gasteiger partial charge >= 0.3 is 0 Å². The summed E-state index contributed by atoms with van der Waals surface area (Å²) in [5.41, 5.74) is 6.22. The van der Waals surface area contributed by atoms with Gasteiger partial charge in [-0.25, -0.2) is 0 Å². The first-order valence-electron chi connectivity index (χ1n) is 11.1. The summed E-state index contributed by atoms with van der Waals surface area (Å²) >= 11 is 6.65. The molecular formula is C26H39ClOSi2. The van der Waals surface area contributed by atoms with Crippen LogP contribution in [0.3, 0.4) is 0 Å². The third-order valence-corrected chi connectivity index (χ3v) is 12.1. The smallest absolute Gasteiger partial charge is 0.129 e. The molecule has 0 aliphatic carbocycles. The third kappa shape index (κ3) is 7.43. The van der Waals surface area contributed by atoms with Gasteiger partial charge in [0, 0.05) is 5.20 Å². The molecule has 0 fully saturated rings. The summed E-state index contributed by atoms with van der Waals surface area (Å²) in [6.45, 7) is 18.9. The molecule has 0 amide bonds. The molecule has 0 heterocycles. The van der Waals surface area contributed by atoms with E-state index in [9.17, 15) is 5.11 Å². The molecule has 0 saturated carbocycles. The van der Waals surface area contributed by atoms with Crippen molar-refractivity contribution >= 4 is 32.9 Å². The molecule has 0 spiro atoms. The highest BCUT2D eigenvalue weighted by molar-refractivity contribution is 6.99. The Morgan fingerprint density at radius 2 is 1.50 bits per heavy atom. The maximum absolute atomic E-state index is 9.93. The van der Waals surface area contributed by atoms with Gasteiger partial charge in [-0.3, -0.25) is 0 Å². The maximum Gasteiger partial charge on any atom is 0.129 e. The van der Waals surface area contributed by atoms with Gasteiger partial charge in [-0.15, -0.1) is 18.7 Å². The van der Waals surface area contributed by atoms with E-state index in [2.05, 4.69) is 76.3 Å². The van der Waals surface area contributed by atoms with E-state index < -0.39 is 16.1 Å². The lowest BCUT2D eigenvalue weighted by Crippen LogP contribution is -2.49. The molecule has 0 bridgehead atoms. The highest BCUT2D eigenvalue weighted by Crippen LogP contribution is 2.29. The van der Waals surface area contributed by atoms with Crippen LogP contribution >= 0.6 is 11.6 Å². The average Bonchev–Trinajstić information content (AvgIpc) is 2.72. The van der Waals surface area contributed by atoms with Gasteiger partial charge in [0.2, 0.25) is 0 Å². The van der Waals surface area contributed by atoms with Crippen molar-refractivity contribution in [3.63, 3.8) is 0 Å². The van der Waals surface area contributed by atoms with Crippen LogP contribution in [0.4, 0.5) is 0 Å². The van der Waals surface area contributed by atoms with E-state index in [4.69, 9.17) is 11.6 Å². The summed E-state index contributed by atoms with van der Waals surface area (Å²) in [4.78, 5) is 0. The minimum Gasteiger partial charge on any atom is -0.391 e. The summed E-state index contributed by atoms with van der Waals surface area (Å²) < 4.78 is 0. The summed E-state index contributed by atoms with van der Waals surface area (Å²) in [6.07, 6.45) is 7.87. The average molecular weight is 459 g/mol. The van der Waals surface area contributed by atoms with E-state index in [1.807, 2.05) is 12.2 Å². The van der Waals surface area contributed by atoms with Crippen molar-refractivity contribution < 1.29 is 5.11 Å². The SMILES string of the molecule is C=CCCc1cc(CCC=C)cc([Si](CC)(CC)/C(C#C[Si](C)(C)C)=C(/Cl)CO)c1. The summed E-state index contributed by atoms with van der Waals surface area (Å²) in [5, 5.41) is 12.9. The molecule has 1 N–H and O–H groups in total. The number of benzene rings is 1. The van der Waals surface area contributed by atoms with Crippen LogP contribution in [-0.4, -0.2) is 27.9 Å². The zero-order chi connectivity index (χ0) is 22.8. The second-order valence-corrected chi connectivity index (χ2v) is 18.8. The second kappa shape index (κ2) is 12.5. The number of aryl methyl sites for hydroxylation is 2. The number of hydrogen-bond donors (Lipinski definition) is 1. The van der Waals surface area contributed by atoms with Crippen molar-refractivity contribution in [2.75, 3.05) is 6.61 Å². The topological polar surface area (TPSA) is 20.2 Å². The van der Waals surface area contributed by atoms with Crippen molar-refractivity contribution in [1.82, 2.24) is 0 Å². The molecule has 0 aliphatic rings. The van der Waals surface area contributed by atoms with Gasteiger partial charge in [-0.05, 0) is 36.8 Å². The quantitative estimate of drug-likeness (QED) is 0.227. The fourth-order valence-electron chi connectivity index (χ4n) is 3.80. The van der Waals surface area contributed by atoms with Crippen LogP contribution in [0.5, 0.6) is 0 Å². The molecular weight excluding hydrogens is 420 g/mol. The van der Waals surface area contributed by atoms with Crippen LogP contribution in [-0.2, 0) is 12.8 Å². The van der Waals surface area contributed by atoms with Crippen molar-refractivity contribution in [2.45, 2.75) is 71.3 Å². The predicted molar refractivity (Wildman–Crippen MR) is 141 cm³/mol. The van der Waals surface area contributed by atoms with Gasteiger partial charge in [-0.1, -0.05) is 98.6 Å². The standard InChI is InChI=1S/C26H39ClOSi2/c1-8-12-14-22-18-23(15-13-9-2)20-24(19-22)30(10-3,11-4)26(25(27)21-28)16-17-29(5,6)7/h8-9,18-20,28H,1-2,10-15,21H2,3-7H3/b26-25+. The van der Waals surface area contributed by atoms with Crippen LogP contribution in [0.1, 0.15) is 37.8 Å². The van der Waals surface area contributed by atoms with E-state index in [0.717, 1.165) is 43.0 Å². The zero-order valence-electron chi connectivity index (χ0n) is 19.6. The number of allylic oxidation sites excluding steroid dienone is 3. The molecule has 1 aromatic rings. The van der Waals surface area contributed by atoms with Crippen molar-refractivity contribution in [3.05, 3.63) is 64.9 Å². The second-order valence-electron chi connectivity index (χ2n) is 8.92. The lowest BCUT2D eigenvalue weighted by molar-refractivity contribution is 0.338.